The minimum absolute atomic E-state index is 0.152. The molecule has 1 aromatic carbocycles. The summed E-state index contributed by atoms with van der Waals surface area (Å²) in [7, 11) is -1.83. The molecule has 0 atom stereocenters. The van der Waals surface area contributed by atoms with E-state index in [-0.39, 0.29) is 11.0 Å². The van der Waals surface area contributed by atoms with E-state index in [1.165, 1.54) is 12.1 Å². The molecule has 0 amide bonds. The van der Waals surface area contributed by atoms with Gasteiger partial charge in [0.05, 0.1) is 5.56 Å². The lowest BCUT2D eigenvalue weighted by Crippen LogP contribution is -2.33. The van der Waals surface area contributed by atoms with Crippen LogP contribution in [-0.4, -0.2) is 24.6 Å². The van der Waals surface area contributed by atoms with Crippen LogP contribution in [0.4, 0.5) is 0 Å². The standard InChI is InChI=1S/C11H14O3Si/c1-15(2,3)11(14)9-6-4-8(5-7-9)10(12)13/h4-7H,1-3H3,(H,12,13). The van der Waals surface area contributed by atoms with Crippen LogP contribution in [-0.2, 0) is 0 Å². The van der Waals surface area contributed by atoms with Crippen molar-refractivity contribution in [3.63, 3.8) is 0 Å². The summed E-state index contributed by atoms with van der Waals surface area (Å²) in [6.45, 7) is 5.92. The summed E-state index contributed by atoms with van der Waals surface area (Å²) in [5, 5.41) is 8.85. The Hall–Kier alpha value is -1.42. The molecule has 0 radical (unpaired) electrons. The smallest absolute Gasteiger partial charge is 0.335 e. The summed E-state index contributed by atoms with van der Waals surface area (Å²) in [6, 6.07) is 6.11. The molecule has 0 bridgehead atoms. The zero-order valence-electron chi connectivity index (χ0n) is 9.07. The normalized spacial score (nSPS) is 11.1. The first kappa shape index (κ1) is 11.7. The molecule has 80 valence electrons. The highest BCUT2D eigenvalue weighted by Gasteiger charge is 2.25. The molecule has 0 aromatic heterocycles. The average molecular weight is 222 g/mol. The second kappa shape index (κ2) is 3.98. The Kier molecular flexibility index (Phi) is 3.09. The van der Waals surface area contributed by atoms with Gasteiger partial charge in [0.1, 0.15) is 13.5 Å². The van der Waals surface area contributed by atoms with Crippen LogP contribution in [0.2, 0.25) is 19.6 Å². The van der Waals surface area contributed by atoms with Gasteiger partial charge in [0.15, 0.2) is 0 Å². The Morgan fingerprint density at radius 3 is 1.73 bits per heavy atom. The number of benzene rings is 1. The van der Waals surface area contributed by atoms with Gasteiger partial charge >= 0.3 is 5.97 Å². The van der Waals surface area contributed by atoms with Crippen molar-refractivity contribution in [1.29, 1.82) is 0 Å². The van der Waals surface area contributed by atoms with Crippen molar-refractivity contribution in [2.45, 2.75) is 19.6 Å². The number of rotatable bonds is 3. The van der Waals surface area contributed by atoms with Gasteiger partial charge in [0.2, 0.25) is 0 Å². The highest BCUT2D eigenvalue weighted by molar-refractivity contribution is 7.05. The van der Waals surface area contributed by atoms with E-state index in [2.05, 4.69) is 0 Å². The Labute approximate surface area is 89.8 Å². The maximum absolute atomic E-state index is 11.9. The molecule has 0 aliphatic carbocycles. The maximum atomic E-state index is 11.9. The van der Waals surface area contributed by atoms with E-state index in [0.29, 0.717) is 5.56 Å². The number of carbonyl (C=O) groups excluding carboxylic acids is 1. The molecular weight excluding hydrogens is 208 g/mol. The van der Waals surface area contributed by atoms with Crippen molar-refractivity contribution in [3.05, 3.63) is 35.4 Å². The van der Waals surface area contributed by atoms with Crippen molar-refractivity contribution in [2.24, 2.45) is 0 Å². The molecule has 0 saturated heterocycles. The molecule has 4 heteroatoms. The lowest BCUT2D eigenvalue weighted by Gasteiger charge is -2.13. The van der Waals surface area contributed by atoms with E-state index in [4.69, 9.17) is 5.11 Å². The first-order valence-electron chi connectivity index (χ1n) is 4.70. The molecule has 0 aliphatic heterocycles. The van der Waals surface area contributed by atoms with Crippen molar-refractivity contribution >= 4 is 19.4 Å². The summed E-state index contributed by atoms with van der Waals surface area (Å²) >= 11 is 0. The van der Waals surface area contributed by atoms with E-state index in [0.717, 1.165) is 0 Å². The highest BCUT2D eigenvalue weighted by atomic mass is 28.3. The monoisotopic (exact) mass is 222 g/mol. The van der Waals surface area contributed by atoms with Gasteiger partial charge in [-0.3, -0.25) is 0 Å². The second-order valence-electron chi connectivity index (χ2n) is 4.46. The van der Waals surface area contributed by atoms with Gasteiger partial charge in [-0.15, -0.1) is 0 Å². The topological polar surface area (TPSA) is 54.4 Å². The quantitative estimate of drug-likeness (QED) is 0.799. The Morgan fingerprint density at radius 1 is 1.00 bits per heavy atom. The molecule has 1 N–H and O–H groups in total. The second-order valence-corrected chi connectivity index (χ2v) is 9.42. The number of aromatic carboxylic acids is 1. The predicted octanol–water partition coefficient (Wildman–Crippen LogP) is 2.44. The molecule has 0 saturated carbocycles. The SMILES string of the molecule is C[Si](C)(C)C(=O)c1ccc(C(=O)O)cc1. The Morgan fingerprint density at radius 2 is 1.40 bits per heavy atom. The fraction of sp³-hybridized carbons (Fsp3) is 0.273. The highest BCUT2D eigenvalue weighted by Crippen LogP contribution is 2.12. The van der Waals surface area contributed by atoms with Gasteiger partial charge in [0.25, 0.3) is 0 Å². The fourth-order valence-electron chi connectivity index (χ4n) is 1.20. The molecule has 1 aromatic rings. The van der Waals surface area contributed by atoms with Gasteiger partial charge in [-0.05, 0) is 12.1 Å². The van der Waals surface area contributed by atoms with E-state index < -0.39 is 14.0 Å². The summed E-state index contributed by atoms with van der Waals surface area (Å²) in [6.07, 6.45) is 0. The third-order valence-corrected chi connectivity index (χ3v) is 3.73. The summed E-state index contributed by atoms with van der Waals surface area (Å²) in [4.78, 5) is 22.5. The van der Waals surface area contributed by atoms with Crippen LogP contribution in [0.1, 0.15) is 20.7 Å². The Bertz CT molecular complexity index is 387. The summed E-state index contributed by atoms with van der Waals surface area (Å²) in [5.41, 5.74) is 0.821. The largest absolute Gasteiger partial charge is 0.478 e. The number of carboxylic acids is 1. The molecule has 1 rings (SSSR count). The molecule has 0 unspecified atom stereocenters. The van der Waals surface area contributed by atoms with E-state index in [1.54, 1.807) is 12.1 Å². The molecular formula is C11H14O3Si. The first-order chi connectivity index (χ1) is 6.82. The van der Waals surface area contributed by atoms with Gasteiger partial charge in [-0.2, -0.15) is 0 Å². The van der Waals surface area contributed by atoms with Crippen LogP contribution in [0.25, 0.3) is 0 Å². The number of carboxylic acid groups (broad SMARTS) is 1. The molecule has 0 fully saturated rings. The van der Waals surface area contributed by atoms with Gasteiger partial charge in [0, 0.05) is 5.56 Å². The van der Waals surface area contributed by atoms with E-state index >= 15 is 0 Å². The van der Waals surface area contributed by atoms with Crippen LogP contribution in [0.5, 0.6) is 0 Å². The minimum Gasteiger partial charge on any atom is -0.478 e. The number of hydrogen-bond donors (Lipinski definition) is 1. The zero-order valence-corrected chi connectivity index (χ0v) is 10.1. The van der Waals surface area contributed by atoms with Crippen LogP contribution in [0, 0.1) is 0 Å². The van der Waals surface area contributed by atoms with Crippen LogP contribution < -0.4 is 0 Å². The van der Waals surface area contributed by atoms with Gasteiger partial charge in [-0.1, -0.05) is 31.8 Å². The van der Waals surface area contributed by atoms with Crippen LogP contribution in [0.15, 0.2) is 24.3 Å². The number of hydrogen-bond acceptors (Lipinski definition) is 2. The number of carbonyl (C=O) groups is 2. The van der Waals surface area contributed by atoms with Gasteiger partial charge in [-0.25, -0.2) is 4.79 Å². The van der Waals surface area contributed by atoms with Crippen LogP contribution >= 0.6 is 0 Å². The Balaban J connectivity index is 3.00. The predicted molar refractivity (Wildman–Crippen MR) is 61.1 cm³/mol. The molecule has 15 heavy (non-hydrogen) atoms. The summed E-state index contributed by atoms with van der Waals surface area (Å²) in [5.74, 6) is -0.970. The fourth-order valence-corrected chi connectivity index (χ4v) is 2.23. The van der Waals surface area contributed by atoms with Crippen molar-refractivity contribution < 1.29 is 14.7 Å². The van der Waals surface area contributed by atoms with Crippen LogP contribution in [0.3, 0.4) is 0 Å². The third kappa shape index (κ3) is 2.76. The van der Waals surface area contributed by atoms with Crippen molar-refractivity contribution in [3.8, 4) is 0 Å². The summed E-state index contributed by atoms with van der Waals surface area (Å²) < 4.78 is 0. The van der Waals surface area contributed by atoms with E-state index in [1.807, 2.05) is 19.6 Å². The average Bonchev–Trinajstić information content (AvgIpc) is 2.15. The van der Waals surface area contributed by atoms with Gasteiger partial charge < -0.3 is 9.90 Å². The minimum atomic E-state index is -1.83. The van der Waals surface area contributed by atoms with Crippen molar-refractivity contribution in [2.75, 3.05) is 0 Å². The third-order valence-electron chi connectivity index (χ3n) is 2.08. The zero-order chi connectivity index (χ0) is 11.6. The maximum Gasteiger partial charge on any atom is 0.335 e. The lowest BCUT2D eigenvalue weighted by atomic mass is 10.1. The molecule has 0 aliphatic rings. The first-order valence-corrected chi connectivity index (χ1v) is 8.20. The van der Waals surface area contributed by atoms with Crippen molar-refractivity contribution in [1.82, 2.24) is 0 Å². The molecule has 0 heterocycles. The van der Waals surface area contributed by atoms with E-state index in [9.17, 15) is 9.59 Å². The lowest BCUT2D eigenvalue weighted by molar-refractivity contribution is 0.0696. The molecule has 0 spiro atoms. The molecule has 3 nitrogen and oxygen atoms in total.